The Labute approximate surface area is 83.9 Å². The van der Waals surface area contributed by atoms with E-state index in [4.69, 9.17) is 5.11 Å². The first kappa shape index (κ1) is 9.26. The van der Waals surface area contributed by atoms with E-state index in [0.717, 1.165) is 12.1 Å². The highest BCUT2D eigenvalue weighted by Crippen LogP contribution is 2.33. The molecule has 0 fully saturated rings. The second-order valence-corrected chi connectivity index (χ2v) is 3.08. The van der Waals surface area contributed by atoms with Gasteiger partial charge in [0.15, 0.2) is 11.5 Å². The van der Waals surface area contributed by atoms with Crippen LogP contribution < -0.4 is 0 Å². The van der Waals surface area contributed by atoms with Gasteiger partial charge in [-0.15, -0.1) is 0 Å². The summed E-state index contributed by atoms with van der Waals surface area (Å²) in [7, 11) is 0. The van der Waals surface area contributed by atoms with Crippen molar-refractivity contribution in [2.24, 2.45) is 0 Å². The molecule has 5 heteroatoms. The molecule has 0 atom stereocenters. The molecule has 1 aliphatic rings. The van der Waals surface area contributed by atoms with E-state index in [0.29, 0.717) is 6.08 Å². The van der Waals surface area contributed by atoms with E-state index in [-0.39, 0.29) is 11.1 Å². The Morgan fingerprint density at radius 3 is 2.00 bits per heavy atom. The van der Waals surface area contributed by atoms with E-state index in [1.165, 1.54) is 0 Å². The molecule has 0 heterocycles. The number of hydrogen-bond donors (Lipinski definition) is 3. The van der Waals surface area contributed by atoms with Gasteiger partial charge in [0.2, 0.25) is 5.78 Å². The van der Waals surface area contributed by atoms with Crippen molar-refractivity contribution >= 4 is 11.6 Å². The number of ketones is 2. The predicted molar refractivity (Wildman–Crippen MR) is 49.1 cm³/mol. The van der Waals surface area contributed by atoms with Gasteiger partial charge >= 0.3 is 0 Å². The maximum Gasteiger partial charge on any atom is 0.232 e. The maximum atomic E-state index is 11.4. The van der Waals surface area contributed by atoms with Gasteiger partial charge in [-0.2, -0.15) is 0 Å². The van der Waals surface area contributed by atoms with E-state index in [1.807, 2.05) is 0 Å². The number of phenols is 2. The van der Waals surface area contributed by atoms with E-state index in [1.54, 1.807) is 0 Å². The molecule has 0 saturated heterocycles. The topological polar surface area (TPSA) is 94.8 Å². The Bertz CT molecular complexity index is 513. The van der Waals surface area contributed by atoms with Crippen LogP contribution >= 0.6 is 0 Å². The molecule has 0 saturated carbocycles. The number of Topliss-reactive ketones (excluding diaryl/α,β-unsaturated/α-hetero) is 1. The fourth-order valence-corrected chi connectivity index (χ4v) is 1.45. The van der Waals surface area contributed by atoms with E-state index in [2.05, 4.69) is 0 Å². The van der Waals surface area contributed by atoms with Gasteiger partial charge in [0.05, 0.1) is 11.1 Å². The van der Waals surface area contributed by atoms with Crippen molar-refractivity contribution in [3.8, 4) is 11.5 Å². The molecule has 1 aliphatic carbocycles. The fourth-order valence-electron chi connectivity index (χ4n) is 1.45. The van der Waals surface area contributed by atoms with Crippen LogP contribution in [0.1, 0.15) is 20.7 Å². The summed E-state index contributed by atoms with van der Waals surface area (Å²) < 4.78 is 0. The van der Waals surface area contributed by atoms with Crippen molar-refractivity contribution in [3.05, 3.63) is 35.1 Å². The van der Waals surface area contributed by atoms with Crippen LogP contribution in [0.15, 0.2) is 24.0 Å². The smallest absolute Gasteiger partial charge is 0.232 e. The number of carbonyl (C=O) groups is 2. The zero-order valence-corrected chi connectivity index (χ0v) is 7.39. The molecule has 0 spiro atoms. The minimum Gasteiger partial charge on any atom is -0.507 e. The standard InChI is InChI=1S/C10H6O5/c11-4-1-2-5(12)9-8(4)6(13)3-7(14)10(9)15/h1-3,11-12,14H. The Morgan fingerprint density at radius 1 is 0.867 bits per heavy atom. The molecule has 0 radical (unpaired) electrons. The number of carbonyl (C=O) groups excluding carboxylic acids is 2. The number of aliphatic hydroxyl groups excluding tert-OH is 1. The summed E-state index contributed by atoms with van der Waals surface area (Å²) >= 11 is 0. The van der Waals surface area contributed by atoms with Gasteiger partial charge in [0, 0.05) is 6.08 Å². The molecule has 2 rings (SSSR count). The van der Waals surface area contributed by atoms with Crippen molar-refractivity contribution in [1.29, 1.82) is 0 Å². The summed E-state index contributed by atoms with van der Waals surface area (Å²) in [6.07, 6.45) is 0.712. The SMILES string of the molecule is O=C1C=C(O)C(=O)c2c(O)ccc(O)c21. The molecule has 0 aromatic heterocycles. The fraction of sp³-hybridized carbons (Fsp3) is 0. The minimum atomic E-state index is -0.877. The van der Waals surface area contributed by atoms with E-state index < -0.39 is 28.8 Å². The number of allylic oxidation sites excluding steroid dienone is 2. The van der Waals surface area contributed by atoms with Crippen molar-refractivity contribution in [3.63, 3.8) is 0 Å². The Balaban J connectivity index is 2.82. The number of benzene rings is 1. The zero-order chi connectivity index (χ0) is 11.2. The molecule has 15 heavy (non-hydrogen) atoms. The summed E-state index contributed by atoms with van der Waals surface area (Å²) in [5.74, 6) is -3.17. The van der Waals surface area contributed by atoms with Crippen molar-refractivity contribution < 1.29 is 24.9 Å². The lowest BCUT2D eigenvalue weighted by Gasteiger charge is -2.13. The minimum absolute atomic E-state index is 0.280. The third-order valence-electron chi connectivity index (χ3n) is 2.14. The molecule has 1 aromatic rings. The zero-order valence-electron chi connectivity index (χ0n) is 7.39. The second-order valence-electron chi connectivity index (χ2n) is 3.08. The van der Waals surface area contributed by atoms with Crippen LogP contribution in [-0.4, -0.2) is 26.9 Å². The highest BCUT2D eigenvalue weighted by Gasteiger charge is 2.30. The number of aromatic hydroxyl groups is 2. The number of aliphatic hydroxyl groups is 1. The summed E-state index contributed by atoms with van der Waals surface area (Å²) in [5.41, 5.74) is -0.641. The molecular formula is C10H6O5. The van der Waals surface area contributed by atoms with Crippen LogP contribution in [0, 0.1) is 0 Å². The molecule has 0 amide bonds. The normalized spacial score (nSPS) is 14.8. The Morgan fingerprint density at radius 2 is 1.40 bits per heavy atom. The Kier molecular flexibility index (Phi) is 1.76. The quantitative estimate of drug-likeness (QED) is 0.548. The molecule has 0 bridgehead atoms. The second kappa shape index (κ2) is 2.84. The maximum absolute atomic E-state index is 11.4. The molecule has 76 valence electrons. The number of phenolic OH excluding ortho intramolecular Hbond substituents is 2. The van der Waals surface area contributed by atoms with E-state index in [9.17, 15) is 19.8 Å². The molecular weight excluding hydrogens is 200 g/mol. The molecule has 3 N–H and O–H groups in total. The van der Waals surface area contributed by atoms with Crippen molar-refractivity contribution in [2.75, 3.05) is 0 Å². The summed E-state index contributed by atoms with van der Waals surface area (Å²) in [6, 6.07) is 2.19. The summed E-state index contributed by atoms with van der Waals surface area (Å²) in [5, 5.41) is 27.8. The Hall–Kier alpha value is -2.30. The molecule has 0 aliphatic heterocycles. The van der Waals surface area contributed by atoms with Crippen LogP contribution in [0.5, 0.6) is 11.5 Å². The van der Waals surface area contributed by atoms with E-state index >= 15 is 0 Å². The summed E-state index contributed by atoms with van der Waals surface area (Å²) in [6.45, 7) is 0. The predicted octanol–water partition coefficient (Wildman–Crippen LogP) is 0.919. The lowest BCUT2D eigenvalue weighted by atomic mass is 9.92. The highest BCUT2D eigenvalue weighted by molar-refractivity contribution is 6.25. The van der Waals surface area contributed by atoms with Crippen LogP contribution in [0.2, 0.25) is 0 Å². The number of fused-ring (bicyclic) bond motifs is 1. The van der Waals surface area contributed by atoms with Crippen molar-refractivity contribution in [1.82, 2.24) is 0 Å². The van der Waals surface area contributed by atoms with Crippen molar-refractivity contribution in [2.45, 2.75) is 0 Å². The number of rotatable bonds is 0. The molecule has 0 unspecified atom stereocenters. The lowest BCUT2D eigenvalue weighted by Crippen LogP contribution is -2.17. The average Bonchev–Trinajstić information content (AvgIpc) is 2.18. The lowest BCUT2D eigenvalue weighted by molar-refractivity contribution is 0.0934. The van der Waals surface area contributed by atoms with Gasteiger partial charge in [-0.25, -0.2) is 0 Å². The molecule has 1 aromatic carbocycles. The first-order valence-electron chi connectivity index (χ1n) is 4.07. The van der Waals surface area contributed by atoms with Gasteiger partial charge in [0.25, 0.3) is 0 Å². The molecule has 5 nitrogen and oxygen atoms in total. The average molecular weight is 206 g/mol. The highest BCUT2D eigenvalue weighted by atomic mass is 16.3. The summed E-state index contributed by atoms with van der Waals surface area (Å²) in [4.78, 5) is 22.7. The van der Waals surface area contributed by atoms with Crippen LogP contribution in [0.3, 0.4) is 0 Å². The van der Waals surface area contributed by atoms with Gasteiger partial charge in [-0.3, -0.25) is 9.59 Å². The first-order valence-corrected chi connectivity index (χ1v) is 4.07. The van der Waals surface area contributed by atoms with Gasteiger partial charge in [-0.1, -0.05) is 0 Å². The van der Waals surface area contributed by atoms with Gasteiger partial charge < -0.3 is 15.3 Å². The third kappa shape index (κ3) is 1.17. The van der Waals surface area contributed by atoms with Gasteiger partial charge in [0.1, 0.15) is 11.5 Å². The first-order chi connectivity index (χ1) is 7.02. The van der Waals surface area contributed by atoms with Crippen LogP contribution in [0.25, 0.3) is 0 Å². The van der Waals surface area contributed by atoms with Gasteiger partial charge in [-0.05, 0) is 12.1 Å². The third-order valence-corrected chi connectivity index (χ3v) is 2.14. The van der Waals surface area contributed by atoms with Crippen LogP contribution in [-0.2, 0) is 0 Å². The number of hydrogen-bond acceptors (Lipinski definition) is 5. The van der Waals surface area contributed by atoms with Crippen LogP contribution in [0.4, 0.5) is 0 Å². The monoisotopic (exact) mass is 206 g/mol. The largest absolute Gasteiger partial charge is 0.507 e.